The molecule has 7 nitrogen and oxygen atoms in total. The van der Waals surface area contributed by atoms with Gasteiger partial charge in [0.2, 0.25) is 5.91 Å². The number of amides is 2. The van der Waals surface area contributed by atoms with Gasteiger partial charge in [0.25, 0.3) is 0 Å². The SMILES string of the molecule is C[C@@H](NC(=O)OCC1c2ccccc2-c2ccccc21)C(=O)N1CCC[C@H]1C(=O)C(C#N)S1=CCCC1. The van der Waals surface area contributed by atoms with Crippen molar-refractivity contribution in [1.82, 2.24) is 10.2 Å². The van der Waals surface area contributed by atoms with E-state index in [2.05, 4.69) is 41.0 Å². The first kappa shape index (κ1) is 25.2. The maximum absolute atomic E-state index is 13.2. The van der Waals surface area contributed by atoms with Crippen LogP contribution >= 0.6 is 10.5 Å². The van der Waals surface area contributed by atoms with Crippen molar-refractivity contribution in [1.29, 1.82) is 5.26 Å². The topological polar surface area (TPSA) is 99.5 Å². The van der Waals surface area contributed by atoms with Crippen molar-refractivity contribution in [3.05, 3.63) is 59.7 Å². The van der Waals surface area contributed by atoms with E-state index in [1.165, 1.54) is 0 Å². The Balaban J connectivity index is 1.20. The van der Waals surface area contributed by atoms with Crippen LogP contribution in [0.1, 0.15) is 49.7 Å². The molecule has 1 N–H and O–H groups in total. The quantitative estimate of drug-likeness (QED) is 0.554. The minimum atomic E-state index is -0.843. The fourth-order valence-corrected chi connectivity index (χ4v) is 7.85. The van der Waals surface area contributed by atoms with E-state index in [-0.39, 0.29) is 34.7 Å². The summed E-state index contributed by atoms with van der Waals surface area (Å²) in [5.74, 6) is 0.313. The summed E-state index contributed by atoms with van der Waals surface area (Å²) in [6, 6.07) is 17.0. The second-order valence-corrected chi connectivity index (χ2v) is 11.9. The normalized spacial score (nSPS) is 21.8. The van der Waals surface area contributed by atoms with E-state index in [9.17, 15) is 19.6 Å². The third kappa shape index (κ3) is 4.93. The first-order valence-electron chi connectivity index (χ1n) is 12.9. The molecule has 5 rings (SSSR count). The first-order valence-corrected chi connectivity index (χ1v) is 14.4. The molecule has 0 bridgehead atoms. The average molecular weight is 518 g/mol. The van der Waals surface area contributed by atoms with Crippen LogP contribution in [0.3, 0.4) is 0 Å². The highest BCUT2D eigenvalue weighted by Gasteiger charge is 2.40. The summed E-state index contributed by atoms with van der Waals surface area (Å²) in [6.45, 7) is 2.22. The van der Waals surface area contributed by atoms with E-state index in [4.69, 9.17) is 4.74 Å². The molecule has 0 aromatic heterocycles. The highest BCUT2D eigenvalue weighted by atomic mass is 32.2. The molecule has 37 heavy (non-hydrogen) atoms. The van der Waals surface area contributed by atoms with E-state index < -0.39 is 23.4 Å². The van der Waals surface area contributed by atoms with Crippen LogP contribution < -0.4 is 5.32 Å². The van der Waals surface area contributed by atoms with Crippen LogP contribution in [0.25, 0.3) is 11.1 Å². The molecule has 3 aliphatic rings. The Hall–Kier alpha value is -3.44. The van der Waals surface area contributed by atoms with Gasteiger partial charge in [-0.05, 0) is 60.6 Å². The van der Waals surface area contributed by atoms with Crippen LogP contribution in [-0.2, 0) is 14.3 Å². The summed E-state index contributed by atoms with van der Waals surface area (Å²) in [5, 5.41) is 13.7. The Morgan fingerprint density at radius 1 is 1.11 bits per heavy atom. The Kier molecular flexibility index (Phi) is 7.43. The smallest absolute Gasteiger partial charge is 0.407 e. The number of carbonyl (C=O) groups excluding carboxylic acids is 3. The molecule has 1 fully saturated rings. The zero-order valence-corrected chi connectivity index (χ0v) is 21.7. The number of ketones is 1. The Labute approximate surface area is 219 Å². The molecule has 0 saturated carbocycles. The van der Waals surface area contributed by atoms with Gasteiger partial charge in [0.15, 0.2) is 5.78 Å². The number of nitrogens with one attached hydrogen (secondary N) is 1. The van der Waals surface area contributed by atoms with Gasteiger partial charge in [0, 0.05) is 12.5 Å². The summed E-state index contributed by atoms with van der Waals surface area (Å²) < 4.78 is 5.59. The molecular formula is C29H31N3O4S. The minimum absolute atomic E-state index is 0.0686. The monoisotopic (exact) mass is 517 g/mol. The van der Waals surface area contributed by atoms with E-state index in [0.29, 0.717) is 19.4 Å². The predicted molar refractivity (Wildman–Crippen MR) is 145 cm³/mol. The van der Waals surface area contributed by atoms with Crippen LogP contribution in [0.5, 0.6) is 0 Å². The molecule has 2 unspecified atom stereocenters. The number of nitriles is 1. The first-order chi connectivity index (χ1) is 18.0. The lowest BCUT2D eigenvalue weighted by Crippen LogP contribution is -2.51. The van der Waals surface area contributed by atoms with Gasteiger partial charge < -0.3 is 15.0 Å². The van der Waals surface area contributed by atoms with Crippen molar-refractivity contribution >= 4 is 33.6 Å². The van der Waals surface area contributed by atoms with Gasteiger partial charge in [0.05, 0.1) is 12.1 Å². The minimum Gasteiger partial charge on any atom is -0.449 e. The number of fused-ring (bicyclic) bond motifs is 3. The third-order valence-corrected chi connectivity index (χ3v) is 9.87. The van der Waals surface area contributed by atoms with E-state index in [1.807, 2.05) is 24.3 Å². The maximum Gasteiger partial charge on any atom is 0.407 e. The Morgan fingerprint density at radius 2 is 1.78 bits per heavy atom. The molecular weight excluding hydrogens is 486 g/mol. The van der Waals surface area contributed by atoms with Gasteiger partial charge in [0.1, 0.15) is 17.9 Å². The summed E-state index contributed by atoms with van der Waals surface area (Å²) in [6.07, 6.45) is 2.53. The second kappa shape index (κ2) is 10.9. The highest BCUT2D eigenvalue weighted by Crippen LogP contribution is 2.44. The number of carbonyl (C=O) groups is 3. The van der Waals surface area contributed by atoms with Gasteiger partial charge in [-0.2, -0.15) is 15.7 Å². The van der Waals surface area contributed by atoms with Gasteiger partial charge in [-0.1, -0.05) is 53.9 Å². The van der Waals surface area contributed by atoms with E-state index in [1.54, 1.807) is 11.8 Å². The standard InChI is InChI=1S/C29H31N3O4S/c1-19(28(34)32-14-8-13-25(32)27(33)26(17-30)37-15-6-7-16-37)31-29(35)36-18-24-22-11-4-2-9-20(22)21-10-3-5-12-23(21)24/h2-5,9-12,15,19,24-26H,6-8,13-14,16,18H2,1H3,(H,31,35)/t19-,25+,26?,37?/m1/s1. The lowest BCUT2D eigenvalue weighted by molar-refractivity contribution is -0.138. The van der Waals surface area contributed by atoms with Crippen LogP contribution in [-0.4, -0.2) is 64.3 Å². The zero-order valence-electron chi connectivity index (χ0n) is 20.9. The molecule has 0 spiro atoms. The molecule has 8 heteroatoms. The maximum atomic E-state index is 13.2. The lowest BCUT2D eigenvalue weighted by Gasteiger charge is -2.28. The molecule has 0 radical (unpaired) electrons. The van der Waals surface area contributed by atoms with Crippen molar-refractivity contribution in [2.75, 3.05) is 18.9 Å². The average Bonchev–Trinajstić information content (AvgIpc) is 3.67. The number of likely N-dealkylation sites (tertiary alicyclic amines) is 1. The number of hydrogen-bond donors (Lipinski definition) is 1. The van der Waals surface area contributed by atoms with E-state index >= 15 is 0 Å². The number of Topliss-reactive ketones (excluding diaryl/α,β-unsaturated/α-hetero) is 1. The van der Waals surface area contributed by atoms with Crippen LogP contribution in [0, 0.1) is 11.3 Å². The molecule has 2 heterocycles. The van der Waals surface area contributed by atoms with Crippen molar-refractivity contribution in [2.24, 2.45) is 0 Å². The second-order valence-electron chi connectivity index (χ2n) is 9.78. The highest BCUT2D eigenvalue weighted by molar-refractivity contribution is 8.16. The number of nitrogens with zero attached hydrogens (tertiary/aromatic N) is 2. The van der Waals surface area contributed by atoms with Crippen molar-refractivity contribution in [3.8, 4) is 17.2 Å². The summed E-state index contributed by atoms with van der Waals surface area (Å²) in [4.78, 5) is 40.7. The number of alkyl carbamates (subject to hydrolysis) is 1. The summed E-state index contributed by atoms with van der Waals surface area (Å²) in [7, 11) is -0.338. The van der Waals surface area contributed by atoms with Crippen LogP contribution in [0.15, 0.2) is 48.5 Å². The van der Waals surface area contributed by atoms with Gasteiger partial charge in [-0.3, -0.25) is 9.59 Å². The fourth-order valence-electron chi connectivity index (χ4n) is 5.69. The van der Waals surface area contributed by atoms with Crippen molar-refractivity contribution < 1.29 is 19.1 Å². The zero-order chi connectivity index (χ0) is 25.9. The molecule has 2 aromatic rings. The summed E-state index contributed by atoms with van der Waals surface area (Å²) >= 11 is 0. The molecule has 1 saturated heterocycles. The van der Waals surface area contributed by atoms with Gasteiger partial charge >= 0.3 is 6.09 Å². The van der Waals surface area contributed by atoms with Crippen molar-refractivity contribution in [2.45, 2.75) is 55.9 Å². The number of rotatable bonds is 7. The molecule has 2 amide bonds. The molecule has 2 aliphatic heterocycles. The predicted octanol–water partition coefficient (Wildman–Crippen LogP) is 4.23. The molecule has 4 atom stereocenters. The fraction of sp³-hybridized carbons (Fsp3) is 0.414. The Bertz CT molecular complexity index is 1250. The molecule has 1 aliphatic carbocycles. The van der Waals surface area contributed by atoms with Crippen LogP contribution in [0.4, 0.5) is 4.79 Å². The molecule has 192 valence electrons. The lowest BCUT2D eigenvalue weighted by atomic mass is 9.98. The van der Waals surface area contributed by atoms with Gasteiger partial charge in [-0.25, -0.2) is 4.79 Å². The van der Waals surface area contributed by atoms with Crippen LogP contribution in [0.2, 0.25) is 0 Å². The van der Waals surface area contributed by atoms with E-state index in [0.717, 1.165) is 40.8 Å². The summed E-state index contributed by atoms with van der Waals surface area (Å²) in [5.41, 5.74) is 4.52. The van der Waals surface area contributed by atoms with Crippen molar-refractivity contribution in [3.63, 3.8) is 0 Å². The largest absolute Gasteiger partial charge is 0.449 e. The number of ether oxygens (including phenoxy) is 1. The Morgan fingerprint density at radius 3 is 2.41 bits per heavy atom. The third-order valence-electron chi connectivity index (χ3n) is 7.51. The number of benzene rings is 2. The molecule has 2 aromatic carbocycles. The number of hydrogen-bond acceptors (Lipinski definition) is 5. The van der Waals surface area contributed by atoms with Gasteiger partial charge in [-0.15, -0.1) is 0 Å².